The van der Waals surface area contributed by atoms with Gasteiger partial charge in [-0.25, -0.2) is 4.79 Å². The van der Waals surface area contributed by atoms with Gasteiger partial charge in [0, 0.05) is 6.07 Å². The second kappa shape index (κ2) is 7.40. The molecule has 6 heteroatoms. The number of methoxy groups -OCH3 is 4. The average Bonchev–Trinajstić information content (AvgIpc) is 2.58. The van der Waals surface area contributed by atoms with Crippen LogP contribution in [-0.4, -0.2) is 28.4 Å². The van der Waals surface area contributed by atoms with E-state index in [1.54, 1.807) is 51.7 Å². The zero-order valence-electron chi connectivity index (χ0n) is 13.4. The van der Waals surface area contributed by atoms with Gasteiger partial charge in [0.1, 0.15) is 11.5 Å². The van der Waals surface area contributed by atoms with Crippen LogP contribution in [0, 0.1) is 0 Å². The first kappa shape index (κ1) is 16.5. The fourth-order valence-corrected chi connectivity index (χ4v) is 2.05. The van der Waals surface area contributed by atoms with Gasteiger partial charge in [0.25, 0.3) is 0 Å². The SMILES string of the molecule is COc1cc(/C=C\c2cc(OC)c(OC)c(OC)c2)oc(=O)c1. The molecule has 0 spiro atoms. The molecule has 2 rings (SSSR count). The first-order chi connectivity index (χ1) is 11.1. The van der Waals surface area contributed by atoms with Crippen molar-refractivity contribution in [3.8, 4) is 23.0 Å². The highest BCUT2D eigenvalue weighted by molar-refractivity contribution is 5.71. The highest BCUT2D eigenvalue weighted by Gasteiger charge is 2.12. The van der Waals surface area contributed by atoms with E-state index in [0.29, 0.717) is 28.8 Å². The molecule has 1 heterocycles. The molecular weight excluding hydrogens is 300 g/mol. The molecule has 0 unspecified atom stereocenters. The predicted molar refractivity (Wildman–Crippen MR) is 86.6 cm³/mol. The lowest BCUT2D eigenvalue weighted by molar-refractivity contribution is 0.324. The number of benzene rings is 1. The van der Waals surface area contributed by atoms with E-state index >= 15 is 0 Å². The molecule has 0 radical (unpaired) electrons. The standard InChI is InChI=1S/C17H18O6/c1-19-13-9-12(23-16(18)10-13)6-5-11-7-14(20-2)17(22-4)15(8-11)21-3/h5-10H,1-4H3/b6-5-. The lowest BCUT2D eigenvalue weighted by Crippen LogP contribution is -1.98. The van der Waals surface area contributed by atoms with Crippen LogP contribution in [0.25, 0.3) is 12.2 Å². The summed E-state index contributed by atoms with van der Waals surface area (Å²) in [6, 6.07) is 6.47. The summed E-state index contributed by atoms with van der Waals surface area (Å²) in [6.45, 7) is 0. The molecule has 0 saturated carbocycles. The Labute approximate surface area is 133 Å². The molecule has 122 valence electrons. The molecule has 2 aromatic rings. The van der Waals surface area contributed by atoms with Crippen molar-refractivity contribution in [2.24, 2.45) is 0 Å². The Hall–Kier alpha value is -2.89. The Kier molecular flexibility index (Phi) is 5.30. The van der Waals surface area contributed by atoms with Gasteiger partial charge in [-0.1, -0.05) is 6.08 Å². The molecule has 1 aromatic heterocycles. The molecule has 0 amide bonds. The van der Waals surface area contributed by atoms with E-state index in [2.05, 4.69) is 0 Å². The van der Waals surface area contributed by atoms with Gasteiger partial charge in [0.15, 0.2) is 11.5 Å². The maximum atomic E-state index is 11.4. The van der Waals surface area contributed by atoms with Crippen molar-refractivity contribution in [1.82, 2.24) is 0 Å². The monoisotopic (exact) mass is 318 g/mol. The lowest BCUT2D eigenvalue weighted by atomic mass is 10.1. The van der Waals surface area contributed by atoms with Crippen LogP contribution in [-0.2, 0) is 0 Å². The molecule has 1 aromatic carbocycles. The van der Waals surface area contributed by atoms with Gasteiger partial charge < -0.3 is 23.4 Å². The van der Waals surface area contributed by atoms with Gasteiger partial charge in [-0.05, 0) is 23.8 Å². The van der Waals surface area contributed by atoms with E-state index in [4.69, 9.17) is 23.4 Å². The summed E-state index contributed by atoms with van der Waals surface area (Å²) in [5, 5.41) is 0. The third-order valence-electron chi connectivity index (χ3n) is 3.13. The van der Waals surface area contributed by atoms with Crippen molar-refractivity contribution < 1.29 is 23.4 Å². The van der Waals surface area contributed by atoms with Crippen molar-refractivity contribution in [2.75, 3.05) is 28.4 Å². The van der Waals surface area contributed by atoms with Crippen LogP contribution in [0.15, 0.2) is 33.5 Å². The molecule has 0 saturated heterocycles. The van der Waals surface area contributed by atoms with Crippen molar-refractivity contribution in [1.29, 1.82) is 0 Å². The molecule has 0 aliphatic rings. The summed E-state index contributed by atoms with van der Waals surface area (Å²) in [4.78, 5) is 11.4. The maximum absolute atomic E-state index is 11.4. The third-order valence-corrected chi connectivity index (χ3v) is 3.13. The van der Waals surface area contributed by atoms with E-state index in [9.17, 15) is 4.79 Å². The fourth-order valence-electron chi connectivity index (χ4n) is 2.05. The summed E-state index contributed by atoms with van der Waals surface area (Å²) in [5.74, 6) is 2.41. The fraction of sp³-hybridized carbons (Fsp3) is 0.235. The summed E-state index contributed by atoms with van der Waals surface area (Å²) < 4.78 is 26.0. The second-order valence-corrected chi connectivity index (χ2v) is 4.51. The maximum Gasteiger partial charge on any atom is 0.339 e. The molecular formula is C17H18O6. The van der Waals surface area contributed by atoms with Crippen LogP contribution >= 0.6 is 0 Å². The highest BCUT2D eigenvalue weighted by Crippen LogP contribution is 2.38. The van der Waals surface area contributed by atoms with Crippen LogP contribution in [0.3, 0.4) is 0 Å². The van der Waals surface area contributed by atoms with E-state index < -0.39 is 5.63 Å². The molecule has 6 nitrogen and oxygen atoms in total. The molecule has 0 atom stereocenters. The summed E-state index contributed by atoms with van der Waals surface area (Å²) >= 11 is 0. The lowest BCUT2D eigenvalue weighted by Gasteiger charge is -2.12. The van der Waals surface area contributed by atoms with E-state index in [-0.39, 0.29) is 0 Å². The van der Waals surface area contributed by atoms with Crippen molar-refractivity contribution in [2.45, 2.75) is 0 Å². The van der Waals surface area contributed by atoms with E-state index in [1.807, 2.05) is 0 Å². The van der Waals surface area contributed by atoms with Gasteiger partial charge in [-0.15, -0.1) is 0 Å². The Bertz CT molecular complexity index is 735. The second-order valence-electron chi connectivity index (χ2n) is 4.51. The van der Waals surface area contributed by atoms with Gasteiger partial charge >= 0.3 is 5.63 Å². The van der Waals surface area contributed by atoms with Gasteiger partial charge in [-0.2, -0.15) is 0 Å². The molecule has 0 N–H and O–H groups in total. The van der Waals surface area contributed by atoms with Crippen LogP contribution in [0.4, 0.5) is 0 Å². The van der Waals surface area contributed by atoms with Gasteiger partial charge in [-0.3, -0.25) is 0 Å². The summed E-state index contributed by atoms with van der Waals surface area (Å²) in [5.41, 5.74) is 0.318. The molecule has 0 aliphatic heterocycles. The minimum atomic E-state index is -0.478. The quantitative estimate of drug-likeness (QED) is 0.816. The third kappa shape index (κ3) is 3.85. The number of hydrogen-bond donors (Lipinski definition) is 0. The van der Waals surface area contributed by atoms with Gasteiger partial charge in [0.2, 0.25) is 5.75 Å². The first-order valence-electron chi connectivity index (χ1n) is 6.78. The Morgan fingerprint density at radius 3 is 2.00 bits per heavy atom. The normalized spacial score (nSPS) is 10.6. The summed E-state index contributed by atoms with van der Waals surface area (Å²) in [6.07, 6.45) is 3.42. The van der Waals surface area contributed by atoms with Crippen molar-refractivity contribution in [3.63, 3.8) is 0 Å². The van der Waals surface area contributed by atoms with Crippen molar-refractivity contribution in [3.05, 3.63) is 46.0 Å². The smallest absolute Gasteiger partial charge is 0.339 e. The van der Waals surface area contributed by atoms with Gasteiger partial charge in [0.05, 0.1) is 34.5 Å². The predicted octanol–water partition coefficient (Wildman–Crippen LogP) is 2.84. The van der Waals surface area contributed by atoms with Crippen LogP contribution < -0.4 is 24.6 Å². The topological polar surface area (TPSA) is 67.1 Å². The Morgan fingerprint density at radius 1 is 0.826 bits per heavy atom. The number of rotatable bonds is 6. The molecule has 0 fully saturated rings. The van der Waals surface area contributed by atoms with E-state index in [1.165, 1.54) is 13.2 Å². The molecule has 0 aliphatic carbocycles. The Morgan fingerprint density at radius 2 is 1.48 bits per heavy atom. The minimum Gasteiger partial charge on any atom is -0.496 e. The van der Waals surface area contributed by atoms with Crippen LogP contribution in [0.1, 0.15) is 11.3 Å². The highest BCUT2D eigenvalue weighted by atomic mass is 16.5. The zero-order valence-corrected chi connectivity index (χ0v) is 13.4. The Balaban J connectivity index is 2.39. The average molecular weight is 318 g/mol. The zero-order chi connectivity index (χ0) is 16.8. The summed E-state index contributed by atoms with van der Waals surface area (Å²) in [7, 11) is 6.13. The number of ether oxygens (including phenoxy) is 4. The first-order valence-corrected chi connectivity index (χ1v) is 6.78. The number of hydrogen-bond acceptors (Lipinski definition) is 6. The molecule has 23 heavy (non-hydrogen) atoms. The van der Waals surface area contributed by atoms with Crippen molar-refractivity contribution >= 4 is 12.2 Å². The van der Waals surface area contributed by atoms with E-state index in [0.717, 1.165) is 5.56 Å². The van der Waals surface area contributed by atoms with Crippen LogP contribution in [0.2, 0.25) is 0 Å². The minimum absolute atomic E-state index is 0.378. The molecule has 0 bridgehead atoms. The van der Waals surface area contributed by atoms with Crippen LogP contribution in [0.5, 0.6) is 23.0 Å². The largest absolute Gasteiger partial charge is 0.496 e.